The average Bonchev–Trinajstić information content (AvgIpc) is 2.65. The van der Waals surface area contributed by atoms with Crippen LogP contribution >= 0.6 is 11.6 Å². The molecule has 0 fully saturated rings. The van der Waals surface area contributed by atoms with Crippen molar-refractivity contribution in [2.75, 3.05) is 14.2 Å². The molecule has 7 heteroatoms. The van der Waals surface area contributed by atoms with Gasteiger partial charge in [-0.05, 0) is 36.4 Å². The minimum Gasteiger partial charge on any atom is -0.497 e. The standard InChI is InChI=1S/C19H16ClFN2O3/c1-25-12-6-8-18(26-2)13(10-12)17-7-9-19(24)23(22-17)11-14-15(20)4-3-5-16(14)21/h3-10H,11H2,1-2H3. The quantitative estimate of drug-likeness (QED) is 0.682. The summed E-state index contributed by atoms with van der Waals surface area (Å²) >= 11 is 6.06. The second kappa shape index (κ2) is 7.58. The lowest BCUT2D eigenvalue weighted by atomic mass is 10.1. The number of nitrogens with zero attached hydrogens (tertiary/aromatic N) is 2. The summed E-state index contributed by atoms with van der Waals surface area (Å²) in [5, 5.41) is 4.59. The van der Waals surface area contributed by atoms with E-state index < -0.39 is 5.82 Å². The maximum absolute atomic E-state index is 14.0. The van der Waals surface area contributed by atoms with Gasteiger partial charge in [0, 0.05) is 22.2 Å². The Labute approximate surface area is 154 Å². The minimum absolute atomic E-state index is 0.0789. The van der Waals surface area contributed by atoms with Crippen molar-refractivity contribution in [2.24, 2.45) is 0 Å². The first kappa shape index (κ1) is 17.9. The maximum atomic E-state index is 14.0. The van der Waals surface area contributed by atoms with Crippen LogP contribution in [0.4, 0.5) is 4.39 Å². The first-order valence-electron chi connectivity index (χ1n) is 7.77. The molecule has 2 aromatic carbocycles. The predicted octanol–water partition coefficient (Wildman–Crippen LogP) is 3.77. The molecule has 0 saturated carbocycles. The van der Waals surface area contributed by atoms with E-state index >= 15 is 0 Å². The fraction of sp³-hybridized carbons (Fsp3) is 0.158. The normalized spacial score (nSPS) is 10.6. The van der Waals surface area contributed by atoms with E-state index in [9.17, 15) is 9.18 Å². The van der Waals surface area contributed by atoms with Crippen LogP contribution in [0.2, 0.25) is 5.02 Å². The Kier molecular flexibility index (Phi) is 5.23. The van der Waals surface area contributed by atoms with Gasteiger partial charge in [0.05, 0.1) is 26.5 Å². The van der Waals surface area contributed by atoms with Crippen LogP contribution in [0.1, 0.15) is 5.56 Å². The second-order valence-electron chi connectivity index (χ2n) is 5.48. The lowest BCUT2D eigenvalue weighted by Gasteiger charge is -2.12. The van der Waals surface area contributed by atoms with E-state index in [1.165, 1.54) is 22.9 Å². The predicted molar refractivity (Wildman–Crippen MR) is 97.5 cm³/mol. The Bertz CT molecular complexity index is 984. The summed E-state index contributed by atoms with van der Waals surface area (Å²) < 4.78 is 25.8. The fourth-order valence-corrected chi connectivity index (χ4v) is 2.78. The van der Waals surface area contributed by atoms with Crippen molar-refractivity contribution < 1.29 is 13.9 Å². The first-order chi connectivity index (χ1) is 12.5. The summed E-state index contributed by atoms with van der Waals surface area (Å²) in [6, 6.07) is 12.6. The van der Waals surface area contributed by atoms with Crippen molar-refractivity contribution in [3.05, 3.63) is 75.3 Å². The van der Waals surface area contributed by atoms with Crippen molar-refractivity contribution in [1.82, 2.24) is 9.78 Å². The lowest BCUT2D eigenvalue weighted by Crippen LogP contribution is -2.23. The molecule has 3 rings (SSSR count). The van der Waals surface area contributed by atoms with Gasteiger partial charge in [0.1, 0.15) is 17.3 Å². The largest absolute Gasteiger partial charge is 0.497 e. The number of benzene rings is 2. The van der Waals surface area contributed by atoms with E-state index in [-0.39, 0.29) is 22.7 Å². The molecular weight excluding hydrogens is 359 g/mol. The molecule has 3 aromatic rings. The number of rotatable bonds is 5. The Balaban J connectivity index is 2.08. The van der Waals surface area contributed by atoms with Gasteiger partial charge in [-0.15, -0.1) is 0 Å². The molecule has 0 amide bonds. The van der Waals surface area contributed by atoms with Crippen molar-refractivity contribution in [1.29, 1.82) is 0 Å². The molecule has 0 bridgehead atoms. The number of halogens is 2. The zero-order valence-electron chi connectivity index (χ0n) is 14.2. The molecule has 0 spiro atoms. The molecule has 0 radical (unpaired) electrons. The summed E-state index contributed by atoms with van der Waals surface area (Å²) in [6.07, 6.45) is 0. The van der Waals surface area contributed by atoms with E-state index in [0.717, 1.165) is 0 Å². The number of hydrogen-bond donors (Lipinski definition) is 0. The van der Waals surface area contributed by atoms with Gasteiger partial charge in [-0.3, -0.25) is 4.79 Å². The highest BCUT2D eigenvalue weighted by atomic mass is 35.5. The van der Waals surface area contributed by atoms with E-state index in [4.69, 9.17) is 21.1 Å². The van der Waals surface area contributed by atoms with Gasteiger partial charge in [-0.1, -0.05) is 17.7 Å². The Morgan fingerprint density at radius 1 is 1.12 bits per heavy atom. The van der Waals surface area contributed by atoms with Crippen LogP contribution in [0.15, 0.2) is 53.3 Å². The average molecular weight is 375 g/mol. The van der Waals surface area contributed by atoms with Crippen LogP contribution in [0, 0.1) is 5.82 Å². The van der Waals surface area contributed by atoms with Crippen molar-refractivity contribution in [3.63, 3.8) is 0 Å². The summed E-state index contributed by atoms with van der Waals surface area (Å²) in [7, 11) is 3.10. The highest BCUT2D eigenvalue weighted by molar-refractivity contribution is 6.31. The molecule has 0 aliphatic carbocycles. The summed E-state index contributed by atoms with van der Waals surface area (Å²) in [5.74, 6) is 0.709. The SMILES string of the molecule is COc1ccc(OC)c(-c2ccc(=O)n(Cc3c(F)cccc3Cl)n2)c1. The highest BCUT2D eigenvalue weighted by Gasteiger charge is 2.13. The van der Waals surface area contributed by atoms with E-state index in [2.05, 4.69) is 5.10 Å². The van der Waals surface area contributed by atoms with Gasteiger partial charge in [0.25, 0.3) is 5.56 Å². The molecule has 5 nitrogen and oxygen atoms in total. The number of hydrogen-bond acceptors (Lipinski definition) is 4. The van der Waals surface area contributed by atoms with Gasteiger partial charge < -0.3 is 9.47 Å². The van der Waals surface area contributed by atoms with Crippen LogP contribution in [0.3, 0.4) is 0 Å². The van der Waals surface area contributed by atoms with Gasteiger partial charge in [-0.2, -0.15) is 5.10 Å². The molecule has 0 aliphatic heterocycles. The highest BCUT2D eigenvalue weighted by Crippen LogP contribution is 2.31. The van der Waals surface area contributed by atoms with Crippen LogP contribution in [-0.2, 0) is 6.54 Å². The minimum atomic E-state index is -0.490. The fourth-order valence-electron chi connectivity index (χ4n) is 2.55. The number of aromatic nitrogens is 2. The van der Waals surface area contributed by atoms with E-state index in [0.29, 0.717) is 22.8 Å². The Hall–Kier alpha value is -2.86. The summed E-state index contributed by atoms with van der Waals surface area (Å²) in [4.78, 5) is 12.2. The molecular formula is C19H16ClFN2O3. The molecule has 0 atom stereocenters. The van der Waals surface area contributed by atoms with E-state index in [1.807, 2.05) is 0 Å². The zero-order chi connectivity index (χ0) is 18.7. The molecule has 134 valence electrons. The number of ether oxygens (including phenoxy) is 2. The van der Waals surface area contributed by atoms with Crippen molar-refractivity contribution >= 4 is 11.6 Å². The monoisotopic (exact) mass is 374 g/mol. The van der Waals surface area contributed by atoms with Crippen LogP contribution < -0.4 is 15.0 Å². The van der Waals surface area contributed by atoms with Crippen LogP contribution in [0.5, 0.6) is 11.5 Å². The third-order valence-corrected chi connectivity index (χ3v) is 4.27. The molecule has 0 N–H and O–H groups in total. The second-order valence-corrected chi connectivity index (χ2v) is 5.89. The molecule has 0 aliphatic rings. The molecule has 26 heavy (non-hydrogen) atoms. The van der Waals surface area contributed by atoms with Gasteiger partial charge in [0.2, 0.25) is 0 Å². The van der Waals surface area contributed by atoms with Gasteiger partial charge in [-0.25, -0.2) is 9.07 Å². The maximum Gasteiger partial charge on any atom is 0.267 e. The van der Waals surface area contributed by atoms with Crippen molar-refractivity contribution in [2.45, 2.75) is 6.54 Å². The Morgan fingerprint density at radius 2 is 1.92 bits per heavy atom. The third-order valence-electron chi connectivity index (χ3n) is 3.92. The van der Waals surface area contributed by atoms with Crippen molar-refractivity contribution in [3.8, 4) is 22.8 Å². The molecule has 1 aromatic heterocycles. The van der Waals surface area contributed by atoms with E-state index in [1.54, 1.807) is 44.6 Å². The van der Waals surface area contributed by atoms with Gasteiger partial charge >= 0.3 is 0 Å². The molecule has 0 unspecified atom stereocenters. The Morgan fingerprint density at radius 3 is 2.62 bits per heavy atom. The summed E-state index contributed by atoms with van der Waals surface area (Å²) in [5.41, 5.74) is 0.987. The lowest BCUT2D eigenvalue weighted by molar-refractivity contribution is 0.404. The molecule has 1 heterocycles. The first-order valence-corrected chi connectivity index (χ1v) is 8.14. The van der Waals surface area contributed by atoms with Gasteiger partial charge in [0.15, 0.2) is 0 Å². The van der Waals surface area contributed by atoms with Crippen LogP contribution in [0.25, 0.3) is 11.3 Å². The topological polar surface area (TPSA) is 53.4 Å². The number of methoxy groups -OCH3 is 2. The third kappa shape index (κ3) is 3.55. The smallest absolute Gasteiger partial charge is 0.267 e. The van der Waals surface area contributed by atoms with Crippen LogP contribution in [-0.4, -0.2) is 24.0 Å². The zero-order valence-corrected chi connectivity index (χ0v) is 15.0. The summed E-state index contributed by atoms with van der Waals surface area (Å²) in [6.45, 7) is -0.0789. The molecule has 0 saturated heterocycles.